The van der Waals surface area contributed by atoms with E-state index in [4.69, 9.17) is 10.9 Å². The number of hydrogen-bond acceptors (Lipinski definition) is 3. The molecule has 1 rings (SSSR count). The van der Waals surface area contributed by atoms with Gasteiger partial charge in [0.2, 0.25) is 0 Å². The summed E-state index contributed by atoms with van der Waals surface area (Å²) in [5, 5.41) is 15.3. The highest BCUT2D eigenvalue weighted by atomic mass is 16.4. The normalized spacial score (nSPS) is 19.4. The van der Waals surface area contributed by atoms with Gasteiger partial charge in [-0.05, 0) is 37.6 Å². The van der Waals surface area contributed by atoms with Crippen molar-refractivity contribution in [1.29, 1.82) is 0 Å². The van der Waals surface area contributed by atoms with Crippen LogP contribution in [0.4, 0.5) is 0 Å². The van der Waals surface area contributed by atoms with Gasteiger partial charge in [0.25, 0.3) is 0 Å². The minimum Gasteiger partial charge on any atom is -0.409 e. The van der Waals surface area contributed by atoms with Crippen LogP contribution in [0.3, 0.4) is 0 Å². The molecule has 0 aromatic heterocycles. The number of hydrogen-bond donors (Lipinski definition) is 3. The SMILES string of the molecule is CC1(CNCCCCC(C)(C)C(N)=NO)CC1. The van der Waals surface area contributed by atoms with Crippen molar-refractivity contribution in [2.24, 2.45) is 21.7 Å². The van der Waals surface area contributed by atoms with Crippen molar-refractivity contribution in [2.75, 3.05) is 13.1 Å². The highest BCUT2D eigenvalue weighted by Gasteiger charge is 2.36. The van der Waals surface area contributed by atoms with Gasteiger partial charge in [0.1, 0.15) is 5.84 Å². The number of nitrogens with one attached hydrogen (secondary N) is 1. The van der Waals surface area contributed by atoms with E-state index < -0.39 is 0 Å². The van der Waals surface area contributed by atoms with Crippen molar-refractivity contribution in [2.45, 2.75) is 52.9 Å². The number of rotatable bonds is 8. The van der Waals surface area contributed by atoms with Gasteiger partial charge in [-0.15, -0.1) is 0 Å². The maximum Gasteiger partial charge on any atom is 0.144 e. The number of nitrogens with two attached hydrogens (primary N) is 1. The van der Waals surface area contributed by atoms with Crippen molar-refractivity contribution >= 4 is 5.84 Å². The van der Waals surface area contributed by atoms with E-state index in [1.807, 2.05) is 13.8 Å². The van der Waals surface area contributed by atoms with E-state index >= 15 is 0 Å². The Hall–Kier alpha value is -0.770. The summed E-state index contributed by atoms with van der Waals surface area (Å²) in [5.41, 5.74) is 6.03. The number of unbranched alkanes of at least 4 members (excludes halogenated alkanes) is 1. The lowest BCUT2D eigenvalue weighted by Crippen LogP contribution is -2.32. The van der Waals surface area contributed by atoms with Gasteiger partial charge in [-0.1, -0.05) is 32.3 Å². The monoisotopic (exact) mass is 241 g/mol. The maximum absolute atomic E-state index is 8.66. The highest BCUT2D eigenvalue weighted by molar-refractivity contribution is 5.85. The lowest BCUT2D eigenvalue weighted by molar-refractivity contribution is 0.304. The van der Waals surface area contributed by atoms with Crippen LogP contribution in [0.25, 0.3) is 0 Å². The summed E-state index contributed by atoms with van der Waals surface area (Å²) in [4.78, 5) is 0. The maximum atomic E-state index is 8.66. The molecular formula is C13H27N3O. The van der Waals surface area contributed by atoms with E-state index in [-0.39, 0.29) is 5.41 Å². The quantitative estimate of drug-likeness (QED) is 0.201. The zero-order chi connectivity index (χ0) is 12.9. The van der Waals surface area contributed by atoms with Crippen molar-refractivity contribution in [3.05, 3.63) is 0 Å². The Labute approximate surface area is 105 Å². The third-order valence-electron chi connectivity index (χ3n) is 3.86. The van der Waals surface area contributed by atoms with E-state index in [2.05, 4.69) is 17.4 Å². The summed E-state index contributed by atoms with van der Waals surface area (Å²) in [5.74, 6) is 0.330. The summed E-state index contributed by atoms with van der Waals surface area (Å²) in [6.07, 6.45) is 5.96. The molecule has 0 saturated heterocycles. The van der Waals surface area contributed by atoms with Crippen LogP contribution in [0.1, 0.15) is 52.9 Å². The molecule has 0 aromatic carbocycles. The molecule has 1 aliphatic rings. The van der Waals surface area contributed by atoms with Gasteiger partial charge in [-0.3, -0.25) is 0 Å². The van der Waals surface area contributed by atoms with Crippen LogP contribution in [0, 0.1) is 10.8 Å². The second-order valence-electron chi connectivity index (χ2n) is 6.31. The molecule has 17 heavy (non-hydrogen) atoms. The molecule has 0 aliphatic heterocycles. The Morgan fingerprint density at radius 3 is 2.59 bits per heavy atom. The molecule has 1 aliphatic carbocycles. The minimum absolute atomic E-state index is 0.197. The summed E-state index contributed by atoms with van der Waals surface area (Å²) < 4.78 is 0. The second-order valence-corrected chi connectivity index (χ2v) is 6.31. The molecule has 1 saturated carbocycles. The summed E-state index contributed by atoms with van der Waals surface area (Å²) in [6.45, 7) is 8.58. The fraction of sp³-hybridized carbons (Fsp3) is 0.923. The van der Waals surface area contributed by atoms with Crippen LogP contribution in [0.15, 0.2) is 5.16 Å². The summed E-state index contributed by atoms with van der Waals surface area (Å²) in [6, 6.07) is 0. The summed E-state index contributed by atoms with van der Waals surface area (Å²) >= 11 is 0. The standard InChI is InChI=1S/C13H27N3O/c1-12(2,11(14)16-17)6-4-5-9-15-10-13(3)7-8-13/h15,17H,4-10H2,1-3H3,(H2,14,16). The zero-order valence-electron chi connectivity index (χ0n) is 11.4. The van der Waals surface area contributed by atoms with Crippen molar-refractivity contribution < 1.29 is 5.21 Å². The van der Waals surface area contributed by atoms with E-state index in [1.165, 1.54) is 12.8 Å². The Morgan fingerprint density at radius 1 is 1.41 bits per heavy atom. The Morgan fingerprint density at radius 2 is 2.06 bits per heavy atom. The van der Waals surface area contributed by atoms with Crippen molar-refractivity contribution in [1.82, 2.24) is 5.32 Å². The molecule has 0 amide bonds. The molecular weight excluding hydrogens is 214 g/mol. The molecule has 0 spiro atoms. The van der Waals surface area contributed by atoms with Gasteiger partial charge in [-0.25, -0.2) is 0 Å². The molecule has 0 aromatic rings. The first kappa shape index (κ1) is 14.3. The molecule has 4 nitrogen and oxygen atoms in total. The molecule has 0 bridgehead atoms. The average Bonchev–Trinajstić information content (AvgIpc) is 3.00. The average molecular weight is 241 g/mol. The Bertz CT molecular complexity index is 270. The smallest absolute Gasteiger partial charge is 0.144 e. The van der Waals surface area contributed by atoms with E-state index in [0.717, 1.165) is 32.4 Å². The fourth-order valence-electron chi connectivity index (χ4n) is 1.86. The lowest BCUT2D eigenvalue weighted by Gasteiger charge is -2.22. The third kappa shape index (κ3) is 4.94. The molecule has 0 unspecified atom stereocenters. The first-order valence-electron chi connectivity index (χ1n) is 6.58. The van der Waals surface area contributed by atoms with Crippen LogP contribution in [0.2, 0.25) is 0 Å². The van der Waals surface area contributed by atoms with Gasteiger partial charge in [0, 0.05) is 12.0 Å². The Balaban J connectivity index is 2.03. The first-order valence-corrected chi connectivity index (χ1v) is 6.58. The molecule has 4 heteroatoms. The predicted molar refractivity (Wildman–Crippen MR) is 71.3 cm³/mol. The number of amidine groups is 1. The zero-order valence-corrected chi connectivity index (χ0v) is 11.4. The fourth-order valence-corrected chi connectivity index (χ4v) is 1.86. The van der Waals surface area contributed by atoms with Gasteiger partial charge in [0.15, 0.2) is 0 Å². The van der Waals surface area contributed by atoms with E-state index in [0.29, 0.717) is 11.3 Å². The molecule has 4 N–H and O–H groups in total. The van der Waals surface area contributed by atoms with E-state index in [9.17, 15) is 0 Å². The van der Waals surface area contributed by atoms with Crippen molar-refractivity contribution in [3.63, 3.8) is 0 Å². The van der Waals surface area contributed by atoms with Crippen LogP contribution >= 0.6 is 0 Å². The van der Waals surface area contributed by atoms with E-state index in [1.54, 1.807) is 0 Å². The largest absolute Gasteiger partial charge is 0.409 e. The molecule has 0 radical (unpaired) electrons. The first-order chi connectivity index (χ1) is 7.90. The van der Waals surface area contributed by atoms with Gasteiger partial charge < -0.3 is 16.3 Å². The number of oxime groups is 1. The number of nitrogens with zero attached hydrogens (tertiary/aromatic N) is 1. The minimum atomic E-state index is -0.197. The van der Waals surface area contributed by atoms with Crippen LogP contribution < -0.4 is 11.1 Å². The predicted octanol–water partition coefficient (Wildman–Crippen LogP) is 2.32. The topological polar surface area (TPSA) is 70.6 Å². The Kier molecular flexibility index (Phi) is 4.80. The molecule has 100 valence electrons. The van der Waals surface area contributed by atoms with Gasteiger partial charge in [0.05, 0.1) is 0 Å². The summed E-state index contributed by atoms with van der Waals surface area (Å²) in [7, 11) is 0. The highest BCUT2D eigenvalue weighted by Crippen LogP contribution is 2.43. The molecule has 0 atom stereocenters. The van der Waals surface area contributed by atoms with Crippen LogP contribution in [-0.4, -0.2) is 24.1 Å². The van der Waals surface area contributed by atoms with Gasteiger partial charge >= 0.3 is 0 Å². The molecule has 0 heterocycles. The third-order valence-corrected chi connectivity index (χ3v) is 3.86. The van der Waals surface area contributed by atoms with Crippen molar-refractivity contribution in [3.8, 4) is 0 Å². The lowest BCUT2D eigenvalue weighted by atomic mass is 9.86. The van der Waals surface area contributed by atoms with Crippen LogP contribution in [-0.2, 0) is 0 Å². The molecule has 1 fully saturated rings. The second kappa shape index (κ2) is 5.71. The van der Waals surface area contributed by atoms with Crippen LogP contribution in [0.5, 0.6) is 0 Å². The van der Waals surface area contributed by atoms with Gasteiger partial charge in [-0.2, -0.15) is 0 Å².